The molecular weight excluding hydrogens is 306 g/mol. The number of benzene rings is 1. The fraction of sp³-hybridized carbons (Fsp3) is 0.579. The van der Waals surface area contributed by atoms with Gasteiger partial charge in [-0.2, -0.15) is 4.79 Å². The first-order valence-electron chi connectivity index (χ1n) is 8.61. The fourth-order valence-corrected chi connectivity index (χ4v) is 4.98. The molecule has 5 nitrogen and oxygen atoms in total. The average Bonchev–Trinajstić information content (AvgIpc) is 3.07. The molecule has 130 valence electrons. The molecule has 0 aliphatic carbocycles. The predicted molar refractivity (Wildman–Crippen MR) is 89.2 cm³/mol. The van der Waals surface area contributed by atoms with Crippen LogP contribution < -0.4 is 0 Å². The first-order valence-corrected chi connectivity index (χ1v) is 8.61. The van der Waals surface area contributed by atoms with E-state index in [0.717, 1.165) is 18.4 Å². The summed E-state index contributed by atoms with van der Waals surface area (Å²) < 4.78 is 5.51. The third-order valence-electron chi connectivity index (χ3n) is 5.84. The molecule has 2 aliphatic heterocycles. The molecule has 1 aromatic carbocycles. The summed E-state index contributed by atoms with van der Waals surface area (Å²) in [5, 5.41) is 10.0. The zero-order chi connectivity index (χ0) is 17.5. The van der Waals surface area contributed by atoms with Crippen LogP contribution in [0.2, 0.25) is 0 Å². The molecule has 2 saturated heterocycles. The van der Waals surface area contributed by atoms with Crippen LogP contribution in [0.4, 0.5) is 4.79 Å². The minimum atomic E-state index is -0.812. The standard InChI is InChI=1S/C19H25NO4/c1-19(2,3)20(18(22)23)14-9-10-16(20)15(11-14)17(21)24-12-13-7-5-4-6-8-13/h4-8,14-16H,9-12H2,1-3H3/p+1/t14-,15-,16+,20?/m0/s1. The van der Waals surface area contributed by atoms with Crippen LogP contribution in [-0.2, 0) is 16.1 Å². The summed E-state index contributed by atoms with van der Waals surface area (Å²) in [6.45, 7) is 6.13. The van der Waals surface area contributed by atoms with Crippen molar-refractivity contribution in [3.63, 3.8) is 0 Å². The van der Waals surface area contributed by atoms with E-state index in [9.17, 15) is 14.7 Å². The van der Waals surface area contributed by atoms with Crippen molar-refractivity contribution in [2.24, 2.45) is 5.92 Å². The number of hydrogen-bond acceptors (Lipinski definition) is 3. The Morgan fingerprint density at radius 2 is 1.88 bits per heavy atom. The first-order chi connectivity index (χ1) is 11.3. The van der Waals surface area contributed by atoms with Crippen molar-refractivity contribution in [2.45, 2.75) is 64.3 Å². The summed E-state index contributed by atoms with van der Waals surface area (Å²) in [7, 11) is 0. The molecule has 5 heteroatoms. The zero-order valence-electron chi connectivity index (χ0n) is 14.6. The molecule has 24 heavy (non-hydrogen) atoms. The molecule has 0 aromatic heterocycles. The van der Waals surface area contributed by atoms with Crippen LogP contribution in [0.3, 0.4) is 0 Å². The van der Waals surface area contributed by atoms with Crippen LogP contribution in [0.15, 0.2) is 30.3 Å². The van der Waals surface area contributed by atoms with E-state index in [2.05, 4.69) is 0 Å². The molecule has 3 rings (SSSR count). The summed E-state index contributed by atoms with van der Waals surface area (Å²) in [5.74, 6) is -0.568. The van der Waals surface area contributed by atoms with Crippen molar-refractivity contribution in [2.75, 3.05) is 0 Å². The van der Waals surface area contributed by atoms with Crippen molar-refractivity contribution < 1.29 is 23.9 Å². The molecule has 2 bridgehead atoms. The Morgan fingerprint density at radius 1 is 1.21 bits per heavy atom. The molecule has 1 aromatic rings. The number of carbonyl (C=O) groups is 2. The van der Waals surface area contributed by atoms with E-state index in [4.69, 9.17) is 4.74 Å². The van der Waals surface area contributed by atoms with Crippen molar-refractivity contribution in [1.82, 2.24) is 0 Å². The summed E-state index contributed by atoms with van der Waals surface area (Å²) in [5.41, 5.74) is 0.510. The lowest BCUT2D eigenvalue weighted by Crippen LogP contribution is -2.66. The van der Waals surface area contributed by atoms with E-state index in [1.165, 1.54) is 0 Å². The molecule has 1 unspecified atom stereocenters. The second-order valence-electron chi connectivity index (χ2n) is 7.96. The van der Waals surface area contributed by atoms with E-state index in [0.29, 0.717) is 6.42 Å². The summed E-state index contributed by atoms with van der Waals surface area (Å²) >= 11 is 0. The number of rotatable bonds is 3. The van der Waals surface area contributed by atoms with Gasteiger partial charge in [-0.1, -0.05) is 30.3 Å². The van der Waals surface area contributed by atoms with Gasteiger partial charge < -0.3 is 9.84 Å². The average molecular weight is 332 g/mol. The van der Waals surface area contributed by atoms with E-state index >= 15 is 0 Å². The second kappa shape index (κ2) is 5.88. The Hall–Kier alpha value is -1.88. The first kappa shape index (κ1) is 17.0. The SMILES string of the molecule is CC(C)(C)[N+]1(C(=O)O)[C@H]2CC[C@@H]1[C@@H](C(=O)OCc1ccccc1)C2. The van der Waals surface area contributed by atoms with Crippen molar-refractivity contribution in [3.8, 4) is 0 Å². The largest absolute Gasteiger partial charge is 0.514 e. The molecule has 4 atom stereocenters. The molecule has 0 saturated carbocycles. The van der Waals surface area contributed by atoms with E-state index in [-0.39, 0.29) is 35.1 Å². The van der Waals surface area contributed by atoms with Crippen LogP contribution in [0, 0.1) is 5.92 Å². The monoisotopic (exact) mass is 332 g/mol. The molecule has 2 heterocycles. The third-order valence-corrected chi connectivity index (χ3v) is 5.84. The van der Waals surface area contributed by atoms with Gasteiger partial charge in [0.05, 0.1) is 0 Å². The zero-order valence-corrected chi connectivity index (χ0v) is 14.6. The van der Waals surface area contributed by atoms with Crippen LogP contribution >= 0.6 is 0 Å². The highest BCUT2D eigenvalue weighted by Crippen LogP contribution is 2.53. The number of ether oxygens (including phenoxy) is 1. The number of hydrogen-bond donors (Lipinski definition) is 1. The number of esters is 1. The highest BCUT2D eigenvalue weighted by molar-refractivity contribution is 5.75. The Labute approximate surface area is 142 Å². The molecule has 0 radical (unpaired) electrons. The van der Waals surface area contributed by atoms with Crippen LogP contribution in [0.5, 0.6) is 0 Å². The van der Waals surface area contributed by atoms with Gasteiger partial charge in [0.2, 0.25) is 0 Å². The third kappa shape index (κ3) is 2.42. The smallest absolute Gasteiger partial charge is 0.460 e. The maximum absolute atomic E-state index is 12.6. The van der Waals surface area contributed by atoms with E-state index in [1.54, 1.807) is 0 Å². The number of carbonyl (C=O) groups excluding carboxylic acids is 1. The van der Waals surface area contributed by atoms with Gasteiger partial charge in [0.1, 0.15) is 30.1 Å². The summed E-state index contributed by atoms with van der Waals surface area (Å²) in [4.78, 5) is 24.8. The Bertz CT molecular complexity index is 637. The Morgan fingerprint density at radius 3 is 2.42 bits per heavy atom. The quantitative estimate of drug-likeness (QED) is 0.679. The van der Waals surface area contributed by atoms with Crippen LogP contribution in [0.1, 0.15) is 45.6 Å². The second-order valence-corrected chi connectivity index (χ2v) is 7.96. The highest BCUT2D eigenvalue weighted by Gasteiger charge is 2.70. The fourth-order valence-electron chi connectivity index (χ4n) is 4.98. The maximum Gasteiger partial charge on any atom is 0.514 e. The lowest BCUT2D eigenvalue weighted by molar-refractivity contribution is -0.924. The maximum atomic E-state index is 12.6. The van der Waals surface area contributed by atoms with Gasteiger partial charge in [0.25, 0.3) is 0 Å². The van der Waals surface area contributed by atoms with Crippen LogP contribution in [-0.4, -0.2) is 39.3 Å². The van der Waals surface area contributed by atoms with Crippen molar-refractivity contribution >= 4 is 12.1 Å². The molecule has 1 amide bonds. The molecular formula is C19H26NO4+. The van der Waals surface area contributed by atoms with Crippen molar-refractivity contribution in [1.29, 1.82) is 0 Å². The number of fused-ring (bicyclic) bond motifs is 2. The normalized spacial score (nSPS) is 31.9. The number of amides is 1. The van der Waals surface area contributed by atoms with E-state index < -0.39 is 11.6 Å². The summed E-state index contributed by atoms with van der Waals surface area (Å²) in [6.07, 6.45) is 1.45. The topological polar surface area (TPSA) is 63.6 Å². The number of quaternary nitrogens is 1. The van der Waals surface area contributed by atoms with Gasteiger partial charge in [-0.3, -0.25) is 4.79 Å². The minimum absolute atomic E-state index is 0.00164. The van der Waals surface area contributed by atoms with Crippen LogP contribution in [0.25, 0.3) is 0 Å². The summed E-state index contributed by atoms with van der Waals surface area (Å²) in [6, 6.07) is 9.39. The van der Waals surface area contributed by atoms with Gasteiger partial charge in [-0.05, 0) is 26.3 Å². The van der Waals surface area contributed by atoms with Gasteiger partial charge in [-0.15, -0.1) is 0 Å². The predicted octanol–water partition coefficient (Wildman–Crippen LogP) is 3.57. The number of carboxylic acid groups (broad SMARTS) is 1. The lowest BCUT2D eigenvalue weighted by atomic mass is 9.89. The Kier molecular flexibility index (Phi) is 4.16. The molecule has 1 N–H and O–H groups in total. The van der Waals surface area contributed by atoms with E-state index in [1.807, 2.05) is 51.1 Å². The van der Waals surface area contributed by atoms with Gasteiger partial charge in [-0.25, -0.2) is 4.48 Å². The molecule has 2 fully saturated rings. The van der Waals surface area contributed by atoms with Gasteiger partial charge in [0, 0.05) is 19.3 Å². The molecule has 2 aliphatic rings. The Balaban J connectivity index is 1.77. The lowest BCUT2D eigenvalue weighted by Gasteiger charge is -2.44. The number of nitrogens with zero attached hydrogens (tertiary/aromatic N) is 1. The van der Waals surface area contributed by atoms with Gasteiger partial charge in [0.15, 0.2) is 0 Å². The van der Waals surface area contributed by atoms with Crippen molar-refractivity contribution in [3.05, 3.63) is 35.9 Å². The van der Waals surface area contributed by atoms with Gasteiger partial charge >= 0.3 is 12.1 Å². The minimum Gasteiger partial charge on any atom is -0.460 e. The highest BCUT2D eigenvalue weighted by atomic mass is 16.5. The molecule has 0 spiro atoms.